The summed E-state index contributed by atoms with van der Waals surface area (Å²) in [5, 5.41) is 9.12. The Morgan fingerprint density at radius 1 is 1.27 bits per heavy atom. The van der Waals surface area contributed by atoms with Crippen LogP contribution in [0.3, 0.4) is 0 Å². The Labute approximate surface area is 128 Å². The highest BCUT2D eigenvalue weighted by atomic mass is 32.2. The van der Waals surface area contributed by atoms with Gasteiger partial charge in [0.15, 0.2) is 14.9 Å². The summed E-state index contributed by atoms with van der Waals surface area (Å²) < 4.78 is 22.6. The van der Waals surface area contributed by atoms with Crippen LogP contribution >= 0.6 is 0 Å². The number of amides is 1. The van der Waals surface area contributed by atoms with Gasteiger partial charge in [-0.05, 0) is 12.1 Å². The van der Waals surface area contributed by atoms with E-state index in [0.29, 0.717) is 5.82 Å². The molecule has 0 aliphatic rings. The Morgan fingerprint density at radius 3 is 2.41 bits per heavy atom. The van der Waals surface area contributed by atoms with E-state index in [1.807, 2.05) is 20.8 Å². The number of nitrogens with one attached hydrogen (secondary N) is 2. The van der Waals surface area contributed by atoms with Gasteiger partial charge in [-0.25, -0.2) is 13.4 Å². The van der Waals surface area contributed by atoms with Crippen molar-refractivity contribution in [3.8, 4) is 0 Å². The molecular formula is C13H17N5O3S. The molecular weight excluding hydrogens is 306 g/mol. The first kappa shape index (κ1) is 16.1. The first-order chi connectivity index (χ1) is 10.1. The van der Waals surface area contributed by atoms with Crippen LogP contribution in [0.15, 0.2) is 23.4 Å². The summed E-state index contributed by atoms with van der Waals surface area (Å²) in [5.74, 6) is 0.336. The second-order valence-electron chi connectivity index (χ2n) is 5.87. The molecule has 0 saturated carbocycles. The summed E-state index contributed by atoms with van der Waals surface area (Å²) in [7, 11) is -3.39. The highest BCUT2D eigenvalue weighted by Crippen LogP contribution is 2.18. The Balaban J connectivity index is 2.14. The maximum absolute atomic E-state index is 12.0. The Morgan fingerprint density at radius 2 is 1.95 bits per heavy atom. The van der Waals surface area contributed by atoms with E-state index >= 15 is 0 Å². The number of carbonyl (C=O) groups excluding carboxylic acids is 1. The summed E-state index contributed by atoms with van der Waals surface area (Å²) in [6.45, 7) is 5.90. The van der Waals surface area contributed by atoms with Crippen molar-refractivity contribution >= 4 is 21.7 Å². The maximum Gasteiger partial charge on any atom is 0.259 e. The summed E-state index contributed by atoms with van der Waals surface area (Å²) in [4.78, 5) is 20.0. The fourth-order valence-corrected chi connectivity index (χ4v) is 2.12. The monoisotopic (exact) mass is 323 g/mol. The fraction of sp³-hybridized carbons (Fsp3) is 0.385. The fourth-order valence-electron chi connectivity index (χ4n) is 1.56. The molecule has 2 rings (SSSR count). The Bertz CT molecular complexity index is 788. The average Bonchev–Trinajstić information content (AvgIpc) is 2.86. The van der Waals surface area contributed by atoms with Gasteiger partial charge in [-0.2, -0.15) is 4.98 Å². The van der Waals surface area contributed by atoms with Crippen LogP contribution < -0.4 is 5.32 Å². The van der Waals surface area contributed by atoms with Crippen LogP contribution in [-0.2, 0) is 15.3 Å². The number of sulfone groups is 1. The van der Waals surface area contributed by atoms with Crippen LogP contribution in [0.2, 0.25) is 0 Å². The van der Waals surface area contributed by atoms with E-state index in [0.717, 1.165) is 6.26 Å². The zero-order chi connectivity index (χ0) is 16.5. The summed E-state index contributed by atoms with van der Waals surface area (Å²) in [5.41, 5.74) is 0.00351. The highest BCUT2D eigenvalue weighted by Gasteiger charge is 2.19. The molecule has 0 bridgehead atoms. The van der Waals surface area contributed by atoms with Crippen molar-refractivity contribution in [3.63, 3.8) is 0 Å². The molecule has 2 aromatic rings. The lowest BCUT2D eigenvalue weighted by atomic mass is 9.96. The second-order valence-corrected chi connectivity index (χ2v) is 7.83. The third kappa shape index (κ3) is 3.67. The lowest BCUT2D eigenvalue weighted by Gasteiger charge is -2.12. The largest absolute Gasteiger partial charge is 0.289 e. The van der Waals surface area contributed by atoms with Crippen molar-refractivity contribution in [1.29, 1.82) is 0 Å². The molecule has 0 aromatic carbocycles. The molecule has 0 unspecified atom stereocenters. The van der Waals surface area contributed by atoms with E-state index < -0.39 is 15.7 Å². The van der Waals surface area contributed by atoms with Gasteiger partial charge in [-0.3, -0.25) is 15.2 Å². The first-order valence-corrected chi connectivity index (χ1v) is 8.37. The van der Waals surface area contributed by atoms with Crippen molar-refractivity contribution in [2.75, 3.05) is 11.6 Å². The van der Waals surface area contributed by atoms with Crippen LogP contribution in [0.1, 0.15) is 37.0 Å². The van der Waals surface area contributed by atoms with Crippen molar-refractivity contribution in [3.05, 3.63) is 29.7 Å². The minimum Gasteiger partial charge on any atom is -0.289 e. The number of hydrogen-bond acceptors (Lipinski definition) is 6. The van der Waals surface area contributed by atoms with Crippen molar-refractivity contribution in [1.82, 2.24) is 20.2 Å². The molecule has 0 saturated heterocycles. The minimum absolute atomic E-state index is 0.0861. The number of aromatic amines is 1. The molecule has 0 spiro atoms. The summed E-state index contributed by atoms with van der Waals surface area (Å²) in [6, 6.07) is 2.67. The standard InChI is InChI=1S/C13H17N5O3S/c1-13(2,3)11-16-12(18-17-11)15-10(19)8-5-6-9(14-7-8)22(4,20)21/h5-7H,1-4H3,(H2,15,16,17,18,19). The number of pyridine rings is 1. The van der Waals surface area contributed by atoms with E-state index in [1.165, 1.54) is 18.3 Å². The molecule has 0 radical (unpaired) electrons. The number of rotatable bonds is 3. The number of nitrogens with zero attached hydrogens (tertiary/aromatic N) is 3. The molecule has 118 valence electrons. The van der Waals surface area contributed by atoms with E-state index in [-0.39, 0.29) is 22.0 Å². The quantitative estimate of drug-likeness (QED) is 0.875. The van der Waals surface area contributed by atoms with Crippen molar-refractivity contribution in [2.24, 2.45) is 0 Å². The summed E-state index contributed by atoms with van der Waals surface area (Å²) >= 11 is 0. The number of H-pyrrole nitrogens is 1. The van der Waals surface area contributed by atoms with Gasteiger partial charge in [0.05, 0.1) is 5.56 Å². The van der Waals surface area contributed by atoms with Gasteiger partial charge in [0.25, 0.3) is 5.91 Å². The number of hydrogen-bond donors (Lipinski definition) is 2. The van der Waals surface area contributed by atoms with Crippen LogP contribution in [0, 0.1) is 0 Å². The molecule has 0 fully saturated rings. The topological polar surface area (TPSA) is 118 Å². The van der Waals surface area contributed by atoms with Crippen molar-refractivity contribution in [2.45, 2.75) is 31.2 Å². The lowest BCUT2D eigenvalue weighted by Crippen LogP contribution is -2.15. The van der Waals surface area contributed by atoms with Gasteiger partial charge < -0.3 is 0 Å². The molecule has 0 aliphatic heterocycles. The average molecular weight is 323 g/mol. The predicted octanol–water partition coefficient (Wildman–Crippen LogP) is 1.15. The molecule has 0 atom stereocenters. The number of carbonyl (C=O) groups is 1. The van der Waals surface area contributed by atoms with E-state index in [4.69, 9.17) is 0 Å². The lowest BCUT2D eigenvalue weighted by molar-refractivity contribution is 0.102. The SMILES string of the molecule is CC(C)(C)c1nc(NC(=O)c2ccc(S(C)(=O)=O)nc2)n[nH]1. The molecule has 2 aromatic heterocycles. The molecule has 9 heteroatoms. The summed E-state index contributed by atoms with van der Waals surface area (Å²) in [6.07, 6.45) is 2.25. The highest BCUT2D eigenvalue weighted by molar-refractivity contribution is 7.90. The number of anilines is 1. The molecule has 0 aliphatic carbocycles. The van der Waals surface area contributed by atoms with Crippen LogP contribution in [0.25, 0.3) is 0 Å². The third-order valence-electron chi connectivity index (χ3n) is 2.80. The normalized spacial score (nSPS) is 12.2. The molecule has 2 heterocycles. The smallest absolute Gasteiger partial charge is 0.259 e. The molecule has 1 amide bonds. The Kier molecular flexibility index (Phi) is 4.01. The number of aromatic nitrogens is 4. The third-order valence-corrected chi connectivity index (χ3v) is 3.80. The maximum atomic E-state index is 12.0. The zero-order valence-electron chi connectivity index (χ0n) is 12.7. The van der Waals surface area contributed by atoms with E-state index in [9.17, 15) is 13.2 Å². The predicted molar refractivity (Wildman–Crippen MR) is 80.4 cm³/mol. The van der Waals surface area contributed by atoms with E-state index in [2.05, 4.69) is 25.5 Å². The molecule has 22 heavy (non-hydrogen) atoms. The van der Waals surface area contributed by atoms with Gasteiger partial charge in [-0.15, -0.1) is 5.10 Å². The van der Waals surface area contributed by atoms with E-state index in [1.54, 1.807) is 0 Å². The molecule has 8 nitrogen and oxygen atoms in total. The first-order valence-electron chi connectivity index (χ1n) is 6.48. The van der Waals surface area contributed by atoms with Gasteiger partial charge in [0.2, 0.25) is 5.95 Å². The molecule has 2 N–H and O–H groups in total. The Hall–Kier alpha value is -2.29. The van der Waals surface area contributed by atoms with Crippen LogP contribution in [0.4, 0.5) is 5.95 Å². The van der Waals surface area contributed by atoms with Crippen molar-refractivity contribution < 1.29 is 13.2 Å². The minimum atomic E-state index is -3.39. The van der Waals surface area contributed by atoms with Gasteiger partial charge in [-0.1, -0.05) is 20.8 Å². The van der Waals surface area contributed by atoms with Gasteiger partial charge >= 0.3 is 0 Å². The second kappa shape index (κ2) is 5.48. The van der Waals surface area contributed by atoms with Crippen LogP contribution in [-0.4, -0.2) is 40.7 Å². The van der Waals surface area contributed by atoms with Crippen LogP contribution in [0.5, 0.6) is 0 Å². The van der Waals surface area contributed by atoms with Gasteiger partial charge in [0, 0.05) is 17.9 Å². The van der Waals surface area contributed by atoms with Gasteiger partial charge in [0.1, 0.15) is 5.82 Å². The zero-order valence-corrected chi connectivity index (χ0v) is 13.5.